The van der Waals surface area contributed by atoms with Crippen molar-refractivity contribution in [3.63, 3.8) is 0 Å². The minimum atomic E-state index is -0.518. The molecule has 5 nitrogen and oxygen atoms in total. The first-order valence-corrected chi connectivity index (χ1v) is 9.55. The summed E-state index contributed by atoms with van der Waals surface area (Å²) < 4.78 is 5.23. The van der Waals surface area contributed by atoms with Gasteiger partial charge in [-0.3, -0.25) is 9.59 Å². The molecule has 0 unspecified atom stereocenters. The number of carbonyl (C=O) groups is 2. The number of benzene rings is 2. The van der Waals surface area contributed by atoms with E-state index in [1.54, 1.807) is 24.3 Å². The largest absolute Gasteiger partial charge is 0.484 e. The minimum absolute atomic E-state index is 0.0996. The molecule has 2 aromatic rings. The topological polar surface area (TPSA) is 81.4 Å². The number of aryl methyl sites for hydroxylation is 1. The molecule has 2 amide bonds. The van der Waals surface area contributed by atoms with Crippen LogP contribution in [-0.4, -0.2) is 18.4 Å². The second kappa shape index (κ2) is 8.74. The summed E-state index contributed by atoms with van der Waals surface area (Å²) in [5, 5.41) is 3.25. The van der Waals surface area contributed by atoms with E-state index in [9.17, 15) is 9.59 Å². The number of nitrogens with two attached hydrogens (primary N) is 1. The summed E-state index contributed by atoms with van der Waals surface area (Å²) in [5.74, 6) is -0.0580. The molecule has 1 aliphatic rings. The Morgan fingerprint density at radius 3 is 2.50 bits per heavy atom. The van der Waals surface area contributed by atoms with Gasteiger partial charge in [0.05, 0.1) is 5.54 Å². The Balaban J connectivity index is 1.66. The van der Waals surface area contributed by atoms with Crippen molar-refractivity contribution in [2.24, 2.45) is 5.73 Å². The van der Waals surface area contributed by atoms with Crippen LogP contribution in [-0.2, 0) is 15.1 Å². The van der Waals surface area contributed by atoms with Crippen LogP contribution in [0, 0.1) is 6.92 Å². The van der Waals surface area contributed by atoms with E-state index in [1.807, 2.05) is 12.1 Å². The van der Waals surface area contributed by atoms with Crippen LogP contribution in [0.25, 0.3) is 6.08 Å². The van der Waals surface area contributed by atoms with Crippen LogP contribution in [0.15, 0.2) is 54.6 Å². The maximum atomic E-state index is 12.6. The standard InChI is InChI=1S/C23H26N2O3/c1-17-5-4-6-19(15-17)23(13-2-3-14-23)25-22(27)12-9-18-7-10-20(11-8-18)28-16-21(24)26/h4-12,15H,2-3,13-14,16H2,1H3,(H2,24,26)(H,25,27). The number of ether oxygens (including phenoxy) is 1. The Morgan fingerprint density at radius 2 is 1.86 bits per heavy atom. The molecule has 3 N–H and O–H groups in total. The first kappa shape index (κ1) is 19.7. The predicted molar refractivity (Wildman–Crippen MR) is 110 cm³/mol. The van der Waals surface area contributed by atoms with Gasteiger partial charge in [-0.25, -0.2) is 0 Å². The molecular formula is C23H26N2O3. The summed E-state index contributed by atoms with van der Waals surface area (Å²) in [4.78, 5) is 23.4. The molecule has 1 aliphatic carbocycles. The van der Waals surface area contributed by atoms with Gasteiger partial charge in [0.25, 0.3) is 5.91 Å². The van der Waals surface area contributed by atoms with Gasteiger partial charge in [0.1, 0.15) is 5.75 Å². The number of carbonyl (C=O) groups excluding carboxylic acids is 2. The summed E-state index contributed by atoms with van der Waals surface area (Å²) in [7, 11) is 0. The number of primary amides is 1. The van der Waals surface area contributed by atoms with Crippen molar-refractivity contribution in [2.75, 3.05) is 6.61 Å². The molecule has 28 heavy (non-hydrogen) atoms. The fraction of sp³-hybridized carbons (Fsp3) is 0.304. The van der Waals surface area contributed by atoms with Gasteiger partial charge in [-0.05, 0) is 49.1 Å². The average Bonchev–Trinajstić information content (AvgIpc) is 3.15. The molecule has 0 atom stereocenters. The third-order valence-corrected chi connectivity index (χ3v) is 5.08. The molecule has 0 aromatic heterocycles. The lowest BCUT2D eigenvalue weighted by Crippen LogP contribution is -2.43. The quantitative estimate of drug-likeness (QED) is 0.724. The van der Waals surface area contributed by atoms with Gasteiger partial charge in [-0.1, -0.05) is 54.8 Å². The highest BCUT2D eigenvalue weighted by molar-refractivity contribution is 5.92. The fourth-order valence-electron chi connectivity index (χ4n) is 3.69. The Kier molecular flexibility index (Phi) is 6.14. The molecule has 0 aliphatic heterocycles. The molecule has 0 spiro atoms. The lowest BCUT2D eigenvalue weighted by Gasteiger charge is -2.31. The van der Waals surface area contributed by atoms with Crippen molar-refractivity contribution in [1.29, 1.82) is 0 Å². The number of hydrogen-bond acceptors (Lipinski definition) is 3. The first-order chi connectivity index (χ1) is 13.5. The Labute approximate surface area is 165 Å². The molecule has 2 aromatic carbocycles. The van der Waals surface area contributed by atoms with E-state index >= 15 is 0 Å². The zero-order valence-electron chi connectivity index (χ0n) is 16.1. The predicted octanol–water partition coefficient (Wildman–Crippen LogP) is 3.46. The van der Waals surface area contributed by atoms with Crippen molar-refractivity contribution in [1.82, 2.24) is 5.32 Å². The van der Waals surface area contributed by atoms with Crippen LogP contribution in [0.2, 0.25) is 0 Å². The van der Waals surface area contributed by atoms with Crippen LogP contribution in [0.5, 0.6) is 5.75 Å². The van der Waals surface area contributed by atoms with Gasteiger partial charge >= 0.3 is 0 Å². The fourth-order valence-corrected chi connectivity index (χ4v) is 3.69. The highest BCUT2D eigenvalue weighted by Crippen LogP contribution is 2.39. The lowest BCUT2D eigenvalue weighted by atomic mass is 9.87. The molecule has 0 radical (unpaired) electrons. The highest BCUT2D eigenvalue weighted by Gasteiger charge is 2.36. The van der Waals surface area contributed by atoms with E-state index in [0.29, 0.717) is 5.75 Å². The summed E-state index contributed by atoms with van der Waals surface area (Å²) >= 11 is 0. The molecule has 1 saturated carbocycles. The third-order valence-electron chi connectivity index (χ3n) is 5.08. The summed E-state index contributed by atoms with van der Waals surface area (Å²) in [6.45, 7) is 1.92. The smallest absolute Gasteiger partial charge is 0.255 e. The number of nitrogens with one attached hydrogen (secondary N) is 1. The van der Waals surface area contributed by atoms with Crippen molar-refractivity contribution in [3.05, 3.63) is 71.3 Å². The summed E-state index contributed by atoms with van der Waals surface area (Å²) in [5.41, 5.74) is 8.04. The zero-order valence-corrected chi connectivity index (χ0v) is 16.1. The van der Waals surface area contributed by atoms with E-state index in [2.05, 4.69) is 36.5 Å². The molecule has 1 fully saturated rings. The van der Waals surface area contributed by atoms with Gasteiger partial charge in [0.2, 0.25) is 5.91 Å². The van der Waals surface area contributed by atoms with E-state index in [4.69, 9.17) is 10.5 Å². The van der Waals surface area contributed by atoms with Crippen molar-refractivity contribution >= 4 is 17.9 Å². The maximum Gasteiger partial charge on any atom is 0.255 e. The van der Waals surface area contributed by atoms with E-state index in [-0.39, 0.29) is 18.1 Å². The molecule has 0 saturated heterocycles. The maximum absolute atomic E-state index is 12.6. The van der Waals surface area contributed by atoms with Gasteiger partial charge in [-0.15, -0.1) is 0 Å². The summed E-state index contributed by atoms with van der Waals surface area (Å²) in [6, 6.07) is 15.5. The molecule has 0 heterocycles. The van der Waals surface area contributed by atoms with E-state index < -0.39 is 5.91 Å². The van der Waals surface area contributed by atoms with Crippen LogP contribution >= 0.6 is 0 Å². The summed E-state index contributed by atoms with van der Waals surface area (Å²) in [6.07, 6.45) is 7.49. The minimum Gasteiger partial charge on any atom is -0.484 e. The van der Waals surface area contributed by atoms with Gasteiger partial charge in [0.15, 0.2) is 6.61 Å². The van der Waals surface area contributed by atoms with Crippen LogP contribution in [0.1, 0.15) is 42.4 Å². The number of rotatable bonds is 7. The SMILES string of the molecule is Cc1cccc(C2(NC(=O)C=Cc3ccc(OCC(N)=O)cc3)CCCC2)c1. The average molecular weight is 378 g/mol. The molecular weight excluding hydrogens is 352 g/mol. The Bertz CT molecular complexity index is 866. The van der Waals surface area contributed by atoms with E-state index in [0.717, 1.165) is 31.2 Å². The molecule has 5 heteroatoms. The number of amides is 2. The van der Waals surface area contributed by atoms with Gasteiger partial charge in [0, 0.05) is 6.08 Å². The van der Waals surface area contributed by atoms with Crippen molar-refractivity contribution < 1.29 is 14.3 Å². The van der Waals surface area contributed by atoms with Crippen molar-refractivity contribution in [2.45, 2.75) is 38.1 Å². The monoisotopic (exact) mass is 378 g/mol. The van der Waals surface area contributed by atoms with Crippen LogP contribution < -0.4 is 15.8 Å². The molecule has 3 rings (SSSR count). The normalized spacial score (nSPS) is 15.5. The van der Waals surface area contributed by atoms with Crippen molar-refractivity contribution in [3.8, 4) is 5.75 Å². The van der Waals surface area contributed by atoms with Gasteiger partial charge < -0.3 is 15.8 Å². The van der Waals surface area contributed by atoms with Crippen LogP contribution in [0.3, 0.4) is 0 Å². The Morgan fingerprint density at radius 1 is 1.14 bits per heavy atom. The zero-order chi connectivity index (χ0) is 20.0. The molecule has 0 bridgehead atoms. The highest BCUT2D eigenvalue weighted by atomic mass is 16.5. The van der Waals surface area contributed by atoms with E-state index in [1.165, 1.54) is 11.1 Å². The second-order valence-electron chi connectivity index (χ2n) is 7.31. The molecule has 146 valence electrons. The van der Waals surface area contributed by atoms with Gasteiger partial charge in [-0.2, -0.15) is 0 Å². The first-order valence-electron chi connectivity index (χ1n) is 9.55. The number of hydrogen-bond donors (Lipinski definition) is 2. The van der Waals surface area contributed by atoms with Crippen LogP contribution in [0.4, 0.5) is 0 Å². The lowest BCUT2D eigenvalue weighted by molar-refractivity contribution is -0.120. The third kappa shape index (κ3) is 5.00. The Hall–Kier alpha value is -3.08. The second-order valence-corrected chi connectivity index (χ2v) is 7.31.